The number of amides is 1. The minimum Gasteiger partial charge on any atom is -0.493 e. The van der Waals surface area contributed by atoms with E-state index in [9.17, 15) is 9.90 Å². The quantitative estimate of drug-likeness (QED) is 0.421. The molecule has 1 amide bonds. The Kier molecular flexibility index (Phi) is 5.18. The Morgan fingerprint density at radius 1 is 1.10 bits per heavy atom. The third-order valence-electron chi connectivity index (χ3n) is 4.65. The summed E-state index contributed by atoms with van der Waals surface area (Å²) in [4.78, 5) is 12.2. The Labute approximate surface area is 172 Å². The zero-order valence-electron chi connectivity index (χ0n) is 15.7. The maximum Gasteiger partial charge on any atom is 0.302 e. The molecule has 0 saturated carbocycles. The molecule has 0 atom stereocenters. The molecule has 0 radical (unpaired) electrons. The van der Waals surface area contributed by atoms with Crippen LogP contribution in [0.4, 0.5) is 5.69 Å². The predicted molar refractivity (Wildman–Crippen MR) is 113 cm³/mol. The monoisotopic (exact) mass is 407 g/mol. The zero-order chi connectivity index (χ0) is 20.4. The largest absolute Gasteiger partial charge is 0.493 e. The maximum atomic E-state index is 12.2. The first-order chi connectivity index (χ1) is 14.1. The summed E-state index contributed by atoms with van der Waals surface area (Å²) in [6.07, 6.45) is 0. The molecule has 0 fully saturated rings. The third kappa shape index (κ3) is 3.67. The number of aromatic nitrogens is 1. The lowest BCUT2D eigenvalue weighted by molar-refractivity contribution is -0.120. The number of hydrogen-bond acceptors (Lipinski definition) is 4. The maximum absolute atomic E-state index is 12.2. The van der Waals surface area contributed by atoms with Crippen molar-refractivity contribution in [2.24, 2.45) is 10.2 Å². The molecular weight excluding hydrogens is 390 g/mol. The van der Waals surface area contributed by atoms with Crippen molar-refractivity contribution in [1.29, 1.82) is 0 Å². The number of hydrogen-bond donors (Lipinski definition) is 1. The van der Waals surface area contributed by atoms with Gasteiger partial charge in [-0.05, 0) is 36.6 Å². The van der Waals surface area contributed by atoms with Crippen molar-refractivity contribution < 1.29 is 14.6 Å². The van der Waals surface area contributed by atoms with Crippen LogP contribution in [-0.4, -0.2) is 22.2 Å². The van der Waals surface area contributed by atoms with Gasteiger partial charge < -0.3 is 14.4 Å². The molecule has 0 spiro atoms. The predicted octanol–water partition coefficient (Wildman–Crippen LogP) is 5.86. The second-order valence-electron chi connectivity index (χ2n) is 6.44. The Morgan fingerprint density at radius 3 is 2.72 bits per heavy atom. The summed E-state index contributed by atoms with van der Waals surface area (Å²) in [5, 5.41) is 21.2. The minimum atomic E-state index is -0.559. The highest BCUT2D eigenvalue weighted by atomic mass is 35.5. The molecule has 29 heavy (non-hydrogen) atoms. The van der Waals surface area contributed by atoms with Crippen molar-refractivity contribution in [3.63, 3.8) is 0 Å². The highest BCUT2D eigenvalue weighted by Crippen LogP contribution is 2.40. The average molecular weight is 408 g/mol. The highest BCUT2D eigenvalue weighted by molar-refractivity contribution is 6.31. The van der Waals surface area contributed by atoms with Crippen LogP contribution in [0.1, 0.15) is 6.92 Å². The fourth-order valence-electron chi connectivity index (χ4n) is 3.31. The molecule has 7 heteroatoms. The van der Waals surface area contributed by atoms with Crippen molar-refractivity contribution in [3.8, 4) is 11.6 Å². The van der Waals surface area contributed by atoms with Crippen molar-refractivity contribution in [3.05, 3.63) is 65.7 Å². The van der Waals surface area contributed by atoms with Gasteiger partial charge in [0.25, 0.3) is 0 Å². The van der Waals surface area contributed by atoms with Crippen molar-refractivity contribution in [2.75, 3.05) is 6.61 Å². The van der Waals surface area contributed by atoms with Crippen molar-refractivity contribution >= 4 is 44.9 Å². The molecule has 0 aliphatic carbocycles. The fraction of sp³-hybridized carbons (Fsp3) is 0.136. The smallest absolute Gasteiger partial charge is 0.302 e. The third-order valence-corrected chi connectivity index (χ3v) is 4.89. The second-order valence-corrected chi connectivity index (χ2v) is 6.87. The van der Waals surface area contributed by atoms with E-state index >= 15 is 0 Å². The second kappa shape index (κ2) is 7.93. The first-order valence-corrected chi connectivity index (χ1v) is 9.52. The summed E-state index contributed by atoms with van der Waals surface area (Å²) >= 11 is 6.07. The minimum absolute atomic E-state index is 0.0590. The van der Waals surface area contributed by atoms with Crippen LogP contribution in [0.25, 0.3) is 21.7 Å². The molecule has 1 N–H and O–H groups in total. The van der Waals surface area contributed by atoms with Gasteiger partial charge in [0.15, 0.2) is 12.3 Å². The van der Waals surface area contributed by atoms with Gasteiger partial charge in [-0.1, -0.05) is 48.0 Å². The van der Waals surface area contributed by atoms with E-state index in [1.807, 2.05) is 43.3 Å². The van der Waals surface area contributed by atoms with Crippen LogP contribution in [0.3, 0.4) is 0 Å². The van der Waals surface area contributed by atoms with Crippen LogP contribution in [0.15, 0.2) is 70.9 Å². The number of aromatic hydroxyl groups is 1. The lowest BCUT2D eigenvalue weighted by Gasteiger charge is -2.07. The Morgan fingerprint density at radius 2 is 1.90 bits per heavy atom. The van der Waals surface area contributed by atoms with Gasteiger partial charge in [-0.25, -0.2) is 0 Å². The van der Waals surface area contributed by atoms with E-state index < -0.39 is 5.91 Å². The standard InChI is InChI=1S/C22H18ClN3O3/c1-2-26-18-11-10-15(23)12-17(18)21(22(26)28)25-24-20(27)13-29-19-9-5-7-14-6-3-4-8-16(14)19/h3-12,28H,2,13H2,1H3. The van der Waals surface area contributed by atoms with Crippen LogP contribution in [-0.2, 0) is 11.3 Å². The number of halogens is 1. The van der Waals surface area contributed by atoms with Gasteiger partial charge in [-0.3, -0.25) is 4.79 Å². The van der Waals surface area contributed by atoms with Crippen LogP contribution in [0.5, 0.6) is 11.6 Å². The van der Waals surface area contributed by atoms with E-state index in [2.05, 4.69) is 10.2 Å². The topological polar surface area (TPSA) is 76.2 Å². The molecule has 6 nitrogen and oxygen atoms in total. The number of ether oxygens (including phenoxy) is 1. The number of nitrogens with zero attached hydrogens (tertiary/aromatic N) is 3. The fourth-order valence-corrected chi connectivity index (χ4v) is 3.48. The molecule has 3 aromatic carbocycles. The van der Waals surface area contributed by atoms with Gasteiger partial charge in [0.05, 0.1) is 5.52 Å². The van der Waals surface area contributed by atoms with E-state index in [1.54, 1.807) is 28.8 Å². The molecule has 1 aromatic heterocycles. The van der Waals surface area contributed by atoms with Gasteiger partial charge in [0, 0.05) is 22.3 Å². The molecular formula is C22H18ClN3O3. The van der Waals surface area contributed by atoms with E-state index in [4.69, 9.17) is 16.3 Å². The summed E-state index contributed by atoms with van der Waals surface area (Å²) in [5.41, 5.74) is 0.977. The molecule has 0 aliphatic rings. The summed E-state index contributed by atoms with van der Waals surface area (Å²) in [5.74, 6) is -0.0167. The van der Waals surface area contributed by atoms with Crippen LogP contribution >= 0.6 is 11.6 Å². The molecule has 0 unspecified atom stereocenters. The van der Waals surface area contributed by atoms with Crippen LogP contribution in [0, 0.1) is 0 Å². The van der Waals surface area contributed by atoms with Gasteiger partial charge >= 0.3 is 5.91 Å². The lowest BCUT2D eigenvalue weighted by atomic mass is 10.1. The van der Waals surface area contributed by atoms with E-state index in [1.165, 1.54) is 0 Å². The molecule has 0 saturated heterocycles. The SMILES string of the molecule is CCn1c(O)c(N=NC(=O)COc2cccc3ccccc23)c2cc(Cl)ccc21. The summed E-state index contributed by atoms with van der Waals surface area (Å²) in [6.45, 7) is 2.18. The molecule has 0 aliphatic heterocycles. The van der Waals surface area contributed by atoms with Crippen LogP contribution < -0.4 is 4.74 Å². The number of carbonyl (C=O) groups is 1. The van der Waals surface area contributed by atoms with Crippen LogP contribution in [0.2, 0.25) is 5.02 Å². The Hall–Kier alpha value is -3.38. The normalized spacial score (nSPS) is 11.5. The summed E-state index contributed by atoms with van der Waals surface area (Å²) in [7, 11) is 0. The molecule has 4 rings (SSSR count). The number of carbonyl (C=O) groups excluding carboxylic acids is 1. The summed E-state index contributed by atoms with van der Waals surface area (Å²) < 4.78 is 7.32. The number of fused-ring (bicyclic) bond motifs is 2. The number of azo groups is 1. The first kappa shape index (κ1) is 19.0. The molecule has 4 aromatic rings. The zero-order valence-corrected chi connectivity index (χ0v) is 16.4. The van der Waals surface area contributed by atoms with Gasteiger partial charge in [0.1, 0.15) is 5.75 Å². The van der Waals surface area contributed by atoms with Crippen molar-refractivity contribution in [2.45, 2.75) is 13.5 Å². The highest BCUT2D eigenvalue weighted by Gasteiger charge is 2.16. The van der Waals surface area contributed by atoms with Gasteiger partial charge in [0.2, 0.25) is 5.88 Å². The number of benzene rings is 3. The first-order valence-electron chi connectivity index (χ1n) is 9.14. The van der Waals surface area contributed by atoms with Crippen molar-refractivity contribution in [1.82, 2.24) is 4.57 Å². The van der Waals surface area contributed by atoms with E-state index in [0.29, 0.717) is 22.7 Å². The van der Waals surface area contributed by atoms with Gasteiger partial charge in [-0.2, -0.15) is 0 Å². The Balaban J connectivity index is 1.56. The number of rotatable bonds is 5. The summed E-state index contributed by atoms with van der Waals surface area (Å²) in [6, 6.07) is 18.6. The van der Waals surface area contributed by atoms with E-state index in [0.717, 1.165) is 16.3 Å². The molecule has 0 bridgehead atoms. The number of aryl methyl sites for hydroxylation is 1. The molecule has 1 heterocycles. The van der Waals surface area contributed by atoms with Gasteiger partial charge in [-0.15, -0.1) is 10.2 Å². The van der Waals surface area contributed by atoms with E-state index in [-0.39, 0.29) is 18.2 Å². The average Bonchev–Trinajstić information content (AvgIpc) is 3.00. The molecule has 146 valence electrons. The lowest BCUT2D eigenvalue weighted by Crippen LogP contribution is -2.08. The Bertz CT molecular complexity index is 1240.